The van der Waals surface area contributed by atoms with E-state index in [1.165, 1.54) is 16.8 Å². The minimum absolute atomic E-state index is 0.230. The highest BCUT2D eigenvalue weighted by atomic mass is 19.1. The summed E-state index contributed by atoms with van der Waals surface area (Å²) in [6.45, 7) is 10.5. The molecule has 0 spiro atoms. The summed E-state index contributed by atoms with van der Waals surface area (Å²) >= 11 is 0. The molecule has 2 N–H and O–H groups in total. The van der Waals surface area contributed by atoms with Gasteiger partial charge in [0, 0.05) is 41.5 Å². The first-order valence-electron chi connectivity index (χ1n) is 13.6. The number of halogens is 1. The van der Waals surface area contributed by atoms with E-state index in [0.29, 0.717) is 29.4 Å². The number of morpholine rings is 1. The average molecular weight is 560 g/mol. The Hall–Kier alpha value is -4.28. The van der Waals surface area contributed by atoms with Gasteiger partial charge in [-0.3, -0.25) is 9.69 Å². The second-order valence-electron chi connectivity index (χ2n) is 10.9. The van der Waals surface area contributed by atoms with E-state index in [9.17, 15) is 14.4 Å². The minimum Gasteiger partial charge on any atom is -0.492 e. The predicted molar refractivity (Wildman–Crippen MR) is 156 cm³/mol. The third-order valence-electron chi connectivity index (χ3n) is 6.99. The molecule has 1 saturated heterocycles. The first kappa shape index (κ1) is 28.3. The van der Waals surface area contributed by atoms with E-state index in [1.54, 1.807) is 24.3 Å². The summed E-state index contributed by atoms with van der Waals surface area (Å²) in [7, 11) is 0. The van der Waals surface area contributed by atoms with E-state index in [-0.39, 0.29) is 16.8 Å². The maximum Gasteiger partial charge on any atom is 0.279 e. The SMILES string of the molecule is CC(C)(C)c1cc(C(=NO)C(=O)Nc2ccc(OCCN3CCOCC3)c3ccccc23)n(-c2cccc(F)c2)n1. The Kier molecular flexibility index (Phi) is 8.32. The number of nitrogens with zero attached hydrogens (tertiary/aromatic N) is 4. The van der Waals surface area contributed by atoms with Crippen LogP contribution in [0.4, 0.5) is 10.1 Å². The van der Waals surface area contributed by atoms with Crippen LogP contribution in [0, 0.1) is 5.82 Å². The van der Waals surface area contributed by atoms with Gasteiger partial charge in [0.1, 0.15) is 23.9 Å². The van der Waals surface area contributed by atoms with Gasteiger partial charge in [-0.25, -0.2) is 9.07 Å². The topological polar surface area (TPSA) is 101 Å². The molecule has 1 aliphatic rings. The number of rotatable bonds is 8. The monoisotopic (exact) mass is 559 g/mol. The van der Waals surface area contributed by atoms with E-state index < -0.39 is 11.7 Å². The Morgan fingerprint density at radius 1 is 1.07 bits per heavy atom. The zero-order valence-electron chi connectivity index (χ0n) is 23.4. The predicted octanol–water partition coefficient (Wildman–Crippen LogP) is 4.99. The van der Waals surface area contributed by atoms with Crippen LogP contribution >= 0.6 is 0 Å². The number of fused-ring (bicyclic) bond motifs is 1. The lowest BCUT2D eigenvalue weighted by Gasteiger charge is -2.26. The smallest absolute Gasteiger partial charge is 0.279 e. The van der Waals surface area contributed by atoms with E-state index in [4.69, 9.17) is 9.47 Å². The van der Waals surface area contributed by atoms with Crippen LogP contribution in [0.5, 0.6) is 5.75 Å². The zero-order chi connectivity index (χ0) is 29.0. The lowest BCUT2D eigenvalue weighted by molar-refractivity contribution is -0.110. The molecule has 9 nitrogen and oxygen atoms in total. The fourth-order valence-corrected chi connectivity index (χ4v) is 4.73. The largest absolute Gasteiger partial charge is 0.492 e. The van der Waals surface area contributed by atoms with Crippen molar-refractivity contribution in [2.45, 2.75) is 26.2 Å². The summed E-state index contributed by atoms with van der Waals surface area (Å²) in [5, 5.41) is 22.5. The molecule has 3 aromatic carbocycles. The summed E-state index contributed by atoms with van der Waals surface area (Å²) in [6, 6.07) is 18.8. The molecular formula is C31H34FN5O4. The number of carbonyl (C=O) groups excluding carboxylic acids is 1. The first-order chi connectivity index (χ1) is 19.7. The fourth-order valence-electron chi connectivity index (χ4n) is 4.73. The van der Waals surface area contributed by atoms with Crippen LogP contribution in [-0.4, -0.2) is 71.0 Å². The molecule has 1 aromatic heterocycles. The van der Waals surface area contributed by atoms with Gasteiger partial charge in [-0.1, -0.05) is 56.3 Å². The second-order valence-corrected chi connectivity index (χ2v) is 10.9. The van der Waals surface area contributed by atoms with Crippen LogP contribution in [0.3, 0.4) is 0 Å². The Balaban J connectivity index is 1.41. The van der Waals surface area contributed by atoms with Gasteiger partial charge < -0.3 is 20.0 Å². The lowest BCUT2D eigenvalue weighted by atomic mass is 9.92. The molecule has 0 atom stereocenters. The van der Waals surface area contributed by atoms with Crippen molar-refractivity contribution in [3.63, 3.8) is 0 Å². The normalized spacial score (nSPS) is 14.8. The van der Waals surface area contributed by atoms with Crippen molar-refractivity contribution in [3.05, 3.63) is 83.9 Å². The number of hydrogen-bond acceptors (Lipinski definition) is 7. The molecule has 2 heterocycles. The maximum absolute atomic E-state index is 14.1. The van der Waals surface area contributed by atoms with Crippen LogP contribution in [0.2, 0.25) is 0 Å². The number of hydrogen-bond donors (Lipinski definition) is 2. The maximum atomic E-state index is 14.1. The number of aromatic nitrogens is 2. The van der Waals surface area contributed by atoms with Crippen molar-refractivity contribution < 1.29 is 23.9 Å². The Bertz CT molecular complexity index is 1570. The van der Waals surface area contributed by atoms with Gasteiger partial charge in [0.05, 0.1) is 24.6 Å². The van der Waals surface area contributed by atoms with E-state index in [2.05, 4.69) is 20.5 Å². The molecule has 5 rings (SSSR count). The summed E-state index contributed by atoms with van der Waals surface area (Å²) in [5.74, 6) is -0.384. The molecular weight excluding hydrogens is 525 g/mol. The van der Waals surface area contributed by atoms with Crippen molar-refractivity contribution in [1.82, 2.24) is 14.7 Å². The van der Waals surface area contributed by atoms with Crippen LogP contribution in [-0.2, 0) is 14.9 Å². The number of anilines is 1. The van der Waals surface area contributed by atoms with Gasteiger partial charge in [0.15, 0.2) is 5.71 Å². The summed E-state index contributed by atoms with van der Waals surface area (Å²) in [5.41, 5.74) is 1.17. The number of oxime groups is 1. The molecule has 0 aliphatic carbocycles. The summed E-state index contributed by atoms with van der Waals surface area (Å²) < 4.78 is 27.0. The highest BCUT2D eigenvalue weighted by Gasteiger charge is 2.27. The highest BCUT2D eigenvalue weighted by Crippen LogP contribution is 2.32. The number of carbonyl (C=O) groups is 1. The molecule has 41 heavy (non-hydrogen) atoms. The molecule has 0 bridgehead atoms. The molecule has 1 fully saturated rings. The van der Waals surface area contributed by atoms with E-state index in [1.807, 2.05) is 51.1 Å². The molecule has 0 saturated carbocycles. The molecule has 1 amide bonds. The van der Waals surface area contributed by atoms with Crippen molar-refractivity contribution in [3.8, 4) is 11.4 Å². The summed E-state index contributed by atoms with van der Waals surface area (Å²) in [4.78, 5) is 15.9. The van der Waals surface area contributed by atoms with Crippen molar-refractivity contribution >= 4 is 28.1 Å². The Morgan fingerprint density at radius 2 is 1.83 bits per heavy atom. The average Bonchev–Trinajstić information content (AvgIpc) is 3.41. The van der Waals surface area contributed by atoms with Crippen LogP contribution < -0.4 is 10.1 Å². The van der Waals surface area contributed by atoms with Crippen molar-refractivity contribution in [1.29, 1.82) is 0 Å². The van der Waals surface area contributed by atoms with E-state index >= 15 is 0 Å². The van der Waals surface area contributed by atoms with Crippen molar-refractivity contribution in [2.24, 2.45) is 5.16 Å². The number of benzene rings is 3. The van der Waals surface area contributed by atoms with Gasteiger partial charge in [-0.05, 0) is 36.4 Å². The van der Waals surface area contributed by atoms with E-state index in [0.717, 1.165) is 43.6 Å². The Morgan fingerprint density at radius 3 is 2.54 bits per heavy atom. The molecule has 4 aromatic rings. The van der Waals surface area contributed by atoms with Crippen LogP contribution in [0.1, 0.15) is 32.2 Å². The molecule has 214 valence electrons. The highest BCUT2D eigenvalue weighted by molar-refractivity contribution is 6.48. The first-order valence-corrected chi connectivity index (χ1v) is 13.6. The van der Waals surface area contributed by atoms with Gasteiger partial charge in [0.2, 0.25) is 0 Å². The third-order valence-corrected chi connectivity index (χ3v) is 6.99. The van der Waals surface area contributed by atoms with Crippen molar-refractivity contribution in [2.75, 3.05) is 44.8 Å². The standard InChI is InChI=1S/C31H34FN5O4/c1-31(2,3)28-20-26(37(34-28)22-8-6-7-21(32)19-22)29(35-39)30(38)33-25-11-12-27(24-10-5-4-9-23(24)25)41-18-15-36-13-16-40-17-14-36/h4-12,19-20,39H,13-18H2,1-3H3,(H,33,38). The Labute approximate surface area is 238 Å². The van der Waals surface area contributed by atoms with Gasteiger partial charge in [-0.2, -0.15) is 5.10 Å². The number of amides is 1. The van der Waals surface area contributed by atoms with Crippen LogP contribution in [0.25, 0.3) is 16.5 Å². The second kappa shape index (κ2) is 12.1. The molecule has 1 aliphatic heterocycles. The van der Waals surface area contributed by atoms with Crippen LogP contribution in [0.15, 0.2) is 71.9 Å². The minimum atomic E-state index is -0.642. The van der Waals surface area contributed by atoms with Gasteiger partial charge in [0.25, 0.3) is 5.91 Å². The lowest BCUT2D eigenvalue weighted by Crippen LogP contribution is -2.38. The third kappa shape index (κ3) is 6.39. The number of ether oxygens (including phenoxy) is 2. The molecule has 0 radical (unpaired) electrons. The fraction of sp³-hybridized carbons (Fsp3) is 0.323. The number of nitrogens with one attached hydrogen (secondary N) is 1. The van der Waals surface area contributed by atoms with Gasteiger partial charge >= 0.3 is 0 Å². The quantitative estimate of drug-likeness (QED) is 0.179. The zero-order valence-corrected chi connectivity index (χ0v) is 23.4. The molecule has 0 unspecified atom stereocenters. The molecule has 10 heteroatoms. The summed E-state index contributed by atoms with van der Waals surface area (Å²) in [6.07, 6.45) is 0. The van der Waals surface area contributed by atoms with Gasteiger partial charge in [-0.15, -0.1) is 0 Å².